The minimum Gasteiger partial charge on any atom is -0.385 e. The molecule has 0 aliphatic carbocycles. The van der Waals surface area contributed by atoms with Gasteiger partial charge in [-0.3, -0.25) is 0 Å². The standard InChI is InChI=1S/C12H18N2/c1-2-4-12(5-3-1)14-9-7-11-6-8-13-10-11/h1-5,11,13-14H,6-10H2. The average molecular weight is 190 g/mol. The molecule has 0 spiro atoms. The third kappa shape index (κ3) is 2.74. The highest BCUT2D eigenvalue weighted by Gasteiger charge is 2.13. The quantitative estimate of drug-likeness (QED) is 0.759. The summed E-state index contributed by atoms with van der Waals surface area (Å²) in [5.41, 5.74) is 1.23. The number of nitrogens with one attached hydrogen (secondary N) is 2. The van der Waals surface area contributed by atoms with Crippen molar-refractivity contribution in [3.8, 4) is 0 Å². The predicted molar refractivity (Wildman–Crippen MR) is 60.5 cm³/mol. The first-order chi connectivity index (χ1) is 6.95. The van der Waals surface area contributed by atoms with Gasteiger partial charge in [0.1, 0.15) is 0 Å². The van der Waals surface area contributed by atoms with Gasteiger partial charge in [-0.25, -0.2) is 0 Å². The minimum atomic E-state index is 0.881. The molecule has 0 bridgehead atoms. The SMILES string of the molecule is c1ccc(NCCC2CCNC2)cc1. The molecule has 1 heterocycles. The zero-order valence-corrected chi connectivity index (χ0v) is 8.50. The first-order valence-corrected chi connectivity index (χ1v) is 5.45. The van der Waals surface area contributed by atoms with Crippen LogP contribution in [0.2, 0.25) is 0 Å². The fraction of sp³-hybridized carbons (Fsp3) is 0.500. The van der Waals surface area contributed by atoms with Crippen LogP contribution in [0.15, 0.2) is 30.3 Å². The Kier molecular flexibility index (Phi) is 3.41. The van der Waals surface area contributed by atoms with Crippen LogP contribution < -0.4 is 10.6 Å². The van der Waals surface area contributed by atoms with Crippen LogP contribution in [-0.4, -0.2) is 19.6 Å². The molecule has 0 amide bonds. The Morgan fingerprint density at radius 3 is 2.86 bits per heavy atom. The lowest BCUT2D eigenvalue weighted by Crippen LogP contribution is -2.12. The largest absolute Gasteiger partial charge is 0.385 e. The highest BCUT2D eigenvalue weighted by Crippen LogP contribution is 2.12. The molecule has 2 nitrogen and oxygen atoms in total. The van der Waals surface area contributed by atoms with Crippen LogP contribution in [0.4, 0.5) is 5.69 Å². The molecule has 1 fully saturated rings. The number of para-hydroxylation sites is 1. The van der Waals surface area contributed by atoms with Crippen molar-refractivity contribution in [1.82, 2.24) is 5.32 Å². The highest BCUT2D eigenvalue weighted by atomic mass is 14.9. The molecular formula is C12H18N2. The summed E-state index contributed by atoms with van der Waals surface area (Å²) in [7, 11) is 0. The van der Waals surface area contributed by atoms with E-state index in [9.17, 15) is 0 Å². The van der Waals surface area contributed by atoms with Crippen molar-refractivity contribution in [3.63, 3.8) is 0 Å². The Morgan fingerprint density at radius 1 is 1.29 bits per heavy atom. The van der Waals surface area contributed by atoms with E-state index in [-0.39, 0.29) is 0 Å². The number of hydrogen-bond donors (Lipinski definition) is 2. The summed E-state index contributed by atoms with van der Waals surface area (Å²) in [5.74, 6) is 0.881. The topological polar surface area (TPSA) is 24.1 Å². The van der Waals surface area contributed by atoms with E-state index in [4.69, 9.17) is 0 Å². The summed E-state index contributed by atoms with van der Waals surface area (Å²) in [6.45, 7) is 3.50. The van der Waals surface area contributed by atoms with Gasteiger partial charge >= 0.3 is 0 Å². The first kappa shape index (κ1) is 9.53. The van der Waals surface area contributed by atoms with Gasteiger partial charge in [0.15, 0.2) is 0 Å². The smallest absolute Gasteiger partial charge is 0.0340 e. The molecule has 1 atom stereocenters. The molecule has 2 rings (SSSR count). The van der Waals surface area contributed by atoms with Crippen molar-refractivity contribution in [2.45, 2.75) is 12.8 Å². The molecule has 2 N–H and O–H groups in total. The third-order valence-corrected chi connectivity index (χ3v) is 2.82. The Bertz CT molecular complexity index is 252. The highest BCUT2D eigenvalue weighted by molar-refractivity contribution is 5.42. The number of anilines is 1. The second-order valence-corrected chi connectivity index (χ2v) is 3.94. The van der Waals surface area contributed by atoms with Gasteiger partial charge in [-0.2, -0.15) is 0 Å². The number of rotatable bonds is 4. The lowest BCUT2D eigenvalue weighted by molar-refractivity contribution is 0.549. The van der Waals surface area contributed by atoms with E-state index >= 15 is 0 Å². The van der Waals surface area contributed by atoms with Crippen LogP contribution in [0.3, 0.4) is 0 Å². The van der Waals surface area contributed by atoms with Crippen LogP contribution in [0.5, 0.6) is 0 Å². The van der Waals surface area contributed by atoms with Gasteiger partial charge in [0.2, 0.25) is 0 Å². The van der Waals surface area contributed by atoms with Crippen LogP contribution >= 0.6 is 0 Å². The van der Waals surface area contributed by atoms with Crippen LogP contribution in [-0.2, 0) is 0 Å². The molecule has 14 heavy (non-hydrogen) atoms. The van der Waals surface area contributed by atoms with Crippen molar-refractivity contribution >= 4 is 5.69 Å². The van der Waals surface area contributed by atoms with E-state index in [1.54, 1.807) is 0 Å². The molecule has 1 aliphatic heterocycles. The molecule has 1 unspecified atom stereocenters. The lowest BCUT2D eigenvalue weighted by Gasteiger charge is -2.09. The molecule has 0 saturated carbocycles. The summed E-state index contributed by atoms with van der Waals surface area (Å²) in [5, 5.41) is 6.84. The maximum atomic E-state index is 3.44. The summed E-state index contributed by atoms with van der Waals surface area (Å²) < 4.78 is 0. The molecule has 76 valence electrons. The van der Waals surface area contributed by atoms with Gasteiger partial charge in [-0.15, -0.1) is 0 Å². The Morgan fingerprint density at radius 2 is 2.14 bits per heavy atom. The molecule has 1 aliphatic rings. The summed E-state index contributed by atoms with van der Waals surface area (Å²) in [4.78, 5) is 0. The van der Waals surface area contributed by atoms with Gasteiger partial charge in [-0.05, 0) is 44.0 Å². The molecule has 1 saturated heterocycles. The zero-order valence-electron chi connectivity index (χ0n) is 8.50. The second-order valence-electron chi connectivity index (χ2n) is 3.94. The van der Waals surface area contributed by atoms with Crippen LogP contribution in [0, 0.1) is 5.92 Å². The number of benzene rings is 1. The van der Waals surface area contributed by atoms with Crippen LogP contribution in [0.1, 0.15) is 12.8 Å². The predicted octanol–water partition coefficient (Wildman–Crippen LogP) is 2.10. The molecule has 2 heteroatoms. The van der Waals surface area contributed by atoms with Crippen molar-refractivity contribution in [2.24, 2.45) is 5.92 Å². The minimum absolute atomic E-state index is 0.881. The van der Waals surface area contributed by atoms with E-state index in [0.29, 0.717) is 0 Å². The van der Waals surface area contributed by atoms with Gasteiger partial charge in [0.05, 0.1) is 0 Å². The Hall–Kier alpha value is -1.02. The lowest BCUT2D eigenvalue weighted by atomic mass is 10.1. The second kappa shape index (κ2) is 5.01. The van der Waals surface area contributed by atoms with Crippen molar-refractivity contribution in [3.05, 3.63) is 30.3 Å². The summed E-state index contributed by atoms with van der Waals surface area (Å²) in [6.07, 6.45) is 2.62. The fourth-order valence-corrected chi connectivity index (χ4v) is 1.94. The summed E-state index contributed by atoms with van der Waals surface area (Å²) >= 11 is 0. The molecular weight excluding hydrogens is 172 g/mol. The molecule has 0 aromatic heterocycles. The zero-order chi connectivity index (χ0) is 9.64. The van der Waals surface area contributed by atoms with Gasteiger partial charge in [0, 0.05) is 12.2 Å². The van der Waals surface area contributed by atoms with E-state index < -0.39 is 0 Å². The maximum absolute atomic E-state index is 3.44. The van der Waals surface area contributed by atoms with Crippen molar-refractivity contribution in [2.75, 3.05) is 25.0 Å². The Balaban J connectivity index is 1.67. The van der Waals surface area contributed by atoms with E-state index in [2.05, 4.69) is 34.9 Å². The molecule has 1 aromatic rings. The third-order valence-electron chi connectivity index (χ3n) is 2.82. The summed E-state index contributed by atoms with van der Waals surface area (Å²) in [6, 6.07) is 10.4. The van der Waals surface area contributed by atoms with Crippen molar-refractivity contribution < 1.29 is 0 Å². The number of hydrogen-bond acceptors (Lipinski definition) is 2. The van der Waals surface area contributed by atoms with Crippen LogP contribution in [0.25, 0.3) is 0 Å². The average Bonchev–Trinajstić information content (AvgIpc) is 2.72. The monoisotopic (exact) mass is 190 g/mol. The fourth-order valence-electron chi connectivity index (χ4n) is 1.94. The van der Waals surface area contributed by atoms with Gasteiger partial charge < -0.3 is 10.6 Å². The van der Waals surface area contributed by atoms with Gasteiger partial charge in [-0.1, -0.05) is 18.2 Å². The van der Waals surface area contributed by atoms with Crippen molar-refractivity contribution in [1.29, 1.82) is 0 Å². The first-order valence-electron chi connectivity index (χ1n) is 5.45. The normalized spacial score (nSPS) is 21.0. The van der Waals surface area contributed by atoms with E-state index in [1.165, 1.54) is 31.6 Å². The molecule has 1 aromatic carbocycles. The van der Waals surface area contributed by atoms with E-state index in [0.717, 1.165) is 12.5 Å². The van der Waals surface area contributed by atoms with E-state index in [1.807, 2.05) is 6.07 Å². The van der Waals surface area contributed by atoms with Gasteiger partial charge in [0.25, 0.3) is 0 Å². The Labute approximate surface area is 85.7 Å². The maximum Gasteiger partial charge on any atom is 0.0340 e. The molecule has 0 radical (unpaired) electrons.